The van der Waals surface area contributed by atoms with Gasteiger partial charge in [0.15, 0.2) is 0 Å². The molecule has 0 aromatic heterocycles. The molecule has 2 fully saturated rings. The summed E-state index contributed by atoms with van der Waals surface area (Å²) in [7, 11) is 0. The Morgan fingerprint density at radius 3 is 2.05 bits per heavy atom. The largest absolute Gasteiger partial charge is 0.339 e. The van der Waals surface area contributed by atoms with E-state index in [-0.39, 0.29) is 29.6 Å². The Balaban J connectivity index is 1.85. The van der Waals surface area contributed by atoms with Crippen molar-refractivity contribution in [3.63, 3.8) is 0 Å². The Hall–Kier alpha value is -1.10. The molecule has 2 aliphatic rings. The van der Waals surface area contributed by atoms with Crippen LogP contribution in [0.2, 0.25) is 0 Å². The van der Waals surface area contributed by atoms with Gasteiger partial charge in [-0.25, -0.2) is 0 Å². The number of piperazine rings is 1. The summed E-state index contributed by atoms with van der Waals surface area (Å²) in [4.78, 5) is 28.1. The third-order valence-corrected chi connectivity index (χ3v) is 4.21. The first-order chi connectivity index (χ1) is 9.04. The summed E-state index contributed by atoms with van der Waals surface area (Å²) < 4.78 is 0. The van der Waals surface area contributed by atoms with Crippen LogP contribution >= 0.6 is 0 Å². The molecule has 108 valence electrons. The monoisotopic (exact) mass is 267 g/mol. The average Bonchev–Trinajstić information content (AvgIpc) is 3.22. The maximum Gasteiger partial charge on any atom is 0.227 e. The lowest BCUT2D eigenvalue weighted by Gasteiger charge is -2.37. The molecule has 5 heteroatoms. The number of nitrogens with two attached hydrogens (primary N) is 1. The lowest BCUT2D eigenvalue weighted by atomic mass is 9.94. The summed E-state index contributed by atoms with van der Waals surface area (Å²) in [6.07, 6.45) is 2.08. The van der Waals surface area contributed by atoms with Gasteiger partial charge in [0.1, 0.15) is 0 Å². The van der Waals surface area contributed by atoms with Crippen LogP contribution in [0.25, 0.3) is 0 Å². The Bertz CT molecular complexity index is 345. The smallest absolute Gasteiger partial charge is 0.227 e. The first kappa shape index (κ1) is 14.3. The minimum Gasteiger partial charge on any atom is -0.339 e. The molecule has 1 unspecified atom stereocenters. The molecule has 19 heavy (non-hydrogen) atoms. The van der Waals surface area contributed by atoms with Crippen LogP contribution in [0.15, 0.2) is 0 Å². The number of amides is 2. The molecular weight excluding hydrogens is 242 g/mol. The molecule has 0 bridgehead atoms. The molecule has 0 aromatic rings. The van der Waals surface area contributed by atoms with Crippen LogP contribution < -0.4 is 5.73 Å². The Labute approximate surface area is 115 Å². The van der Waals surface area contributed by atoms with E-state index in [2.05, 4.69) is 0 Å². The predicted octanol–water partition coefficient (Wildman–Crippen LogP) is 0.298. The molecule has 1 aliphatic carbocycles. The van der Waals surface area contributed by atoms with Gasteiger partial charge in [-0.1, -0.05) is 13.8 Å². The number of hydrogen-bond donors (Lipinski definition) is 1. The molecule has 0 aromatic carbocycles. The fraction of sp³-hybridized carbons (Fsp3) is 0.857. The first-order valence-corrected chi connectivity index (χ1v) is 7.32. The van der Waals surface area contributed by atoms with Crippen molar-refractivity contribution in [2.75, 3.05) is 32.7 Å². The summed E-state index contributed by atoms with van der Waals surface area (Å²) in [6, 6.07) is 0. The maximum absolute atomic E-state index is 12.3. The molecular formula is C14H25N3O2. The van der Waals surface area contributed by atoms with E-state index in [1.807, 2.05) is 23.6 Å². The third-order valence-electron chi connectivity index (χ3n) is 4.21. The zero-order valence-electron chi connectivity index (χ0n) is 12.0. The number of carbonyl (C=O) groups excluding carboxylic acids is 2. The van der Waals surface area contributed by atoms with Gasteiger partial charge in [-0.05, 0) is 18.8 Å². The standard InChI is InChI=1S/C14H25N3O2/c1-10(2)12(9-15)14(19)17-7-5-16(6-8-17)13(18)11-3-4-11/h10-12H,3-9,15H2,1-2H3. The molecule has 2 rings (SSSR count). The molecule has 2 amide bonds. The zero-order valence-corrected chi connectivity index (χ0v) is 12.0. The number of carbonyl (C=O) groups is 2. The second kappa shape index (κ2) is 5.90. The SMILES string of the molecule is CC(C)C(CN)C(=O)N1CCN(C(=O)C2CC2)CC1. The van der Waals surface area contributed by atoms with Crippen molar-refractivity contribution < 1.29 is 9.59 Å². The van der Waals surface area contributed by atoms with Crippen LogP contribution in [-0.4, -0.2) is 54.3 Å². The second-order valence-corrected chi connectivity index (χ2v) is 6.01. The van der Waals surface area contributed by atoms with E-state index < -0.39 is 0 Å². The van der Waals surface area contributed by atoms with Crippen LogP contribution in [0.3, 0.4) is 0 Å². The normalized spacial score (nSPS) is 21.7. The summed E-state index contributed by atoms with van der Waals surface area (Å²) in [6.45, 7) is 7.12. The molecule has 1 saturated carbocycles. The highest BCUT2D eigenvalue weighted by Crippen LogP contribution is 2.31. The van der Waals surface area contributed by atoms with E-state index in [1.54, 1.807) is 0 Å². The summed E-state index contributed by atoms with van der Waals surface area (Å²) in [5.74, 6) is 0.881. The van der Waals surface area contributed by atoms with Crippen molar-refractivity contribution in [3.8, 4) is 0 Å². The van der Waals surface area contributed by atoms with E-state index in [9.17, 15) is 9.59 Å². The topological polar surface area (TPSA) is 66.6 Å². The van der Waals surface area contributed by atoms with Gasteiger partial charge in [0.2, 0.25) is 11.8 Å². The van der Waals surface area contributed by atoms with Gasteiger partial charge in [-0.2, -0.15) is 0 Å². The molecule has 1 aliphatic heterocycles. The molecule has 1 saturated heterocycles. The van der Waals surface area contributed by atoms with Crippen LogP contribution in [-0.2, 0) is 9.59 Å². The second-order valence-electron chi connectivity index (χ2n) is 6.01. The van der Waals surface area contributed by atoms with E-state index in [4.69, 9.17) is 5.73 Å². The maximum atomic E-state index is 12.3. The predicted molar refractivity (Wildman–Crippen MR) is 73.3 cm³/mol. The summed E-state index contributed by atoms with van der Waals surface area (Å²) in [5, 5.41) is 0. The Kier molecular flexibility index (Phi) is 4.45. The zero-order chi connectivity index (χ0) is 14.0. The van der Waals surface area contributed by atoms with Crippen LogP contribution in [0.4, 0.5) is 0 Å². The van der Waals surface area contributed by atoms with Gasteiger partial charge in [0.05, 0.1) is 5.92 Å². The highest BCUT2D eigenvalue weighted by molar-refractivity contribution is 5.82. The van der Waals surface area contributed by atoms with Crippen molar-refractivity contribution in [2.24, 2.45) is 23.5 Å². The number of nitrogens with zero attached hydrogens (tertiary/aromatic N) is 2. The number of hydrogen-bond acceptors (Lipinski definition) is 3. The van der Waals surface area contributed by atoms with Gasteiger partial charge in [-0.15, -0.1) is 0 Å². The van der Waals surface area contributed by atoms with Crippen LogP contribution in [0.5, 0.6) is 0 Å². The molecule has 0 radical (unpaired) electrons. The molecule has 5 nitrogen and oxygen atoms in total. The van der Waals surface area contributed by atoms with Crippen molar-refractivity contribution in [3.05, 3.63) is 0 Å². The van der Waals surface area contributed by atoms with E-state index in [0.717, 1.165) is 12.8 Å². The minimum absolute atomic E-state index is 0.0920. The van der Waals surface area contributed by atoms with E-state index in [0.29, 0.717) is 32.7 Å². The van der Waals surface area contributed by atoms with Crippen molar-refractivity contribution in [1.82, 2.24) is 9.80 Å². The lowest BCUT2D eigenvalue weighted by Crippen LogP contribution is -2.53. The Morgan fingerprint density at radius 1 is 1.11 bits per heavy atom. The van der Waals surface area contributed by atoms with E-state index in [1.165, 1.54) is 0 Å². The van der Waals surface area contributed by atoms with Gasteiger partial charge < -0.3 is 15.5 Å². The summed E-state index contributed by atoms with van der Waals surface area (Å²) in [5.41, 5.74) is 5.69. The van der Waals surface area contributed by atoms with Gasteiger partial charge in [0.25, 0.3) is 0 Å². The van der Waals surface area contributed by atoms with Crippen LogP contribution in [0, 0.1) is 17.8 Å². The highest BCUT2D eigenvalue weighted by atomic mass is 16.2. The molecule has 1 heterocycles. The van der Waals surface area contributed by atoms with Crippen LogP contribution in [0.1, 0.15) is 26.7 Å². The van der Waals surface area contributed by atoms with Gasteiger partial charge in [0, 0.05) is 38.6 Å². The average molecular weight is 267 g/mol. The lowest BCUT2D eigenvalue weighted by molar-refractivity contribution is -0.143. The fourth-order valence-electron chi connectivity index (χ4n) is 2.63. The Morgan fingerprint density at radius 2 is 1.63 bits per heavy atom. The van der Waals surface area contributed by atoms with Crippen molar-refractivity contribution in [2.45, 2.75) is 26.7 Å². The third kappa shape index (κ3) is 3.26. The molecule has 2 N–H and O–H groups in total. The fourth-order valence-corrected chi connectivity index (χ4v) is 2.63. The highest BCUT2D eigenvalue weighted by Gasteiger charge is 2.36. The van der Waals surface area contributed by atoms with Gasteiger partial charge in [-0.3, -0.25) is 9.59 Å². The van der Waals surface area contributed by atoms with Crippen molar-refractivity contribution >= 4 is 11.8 Å². The number of rotatable bonds is 4. The minimum atomic E-state index is -0.0920. The van der Waals surface area contributed by atoms with Crippen molar-refractivity contribution in [1.29, 1.82) is 0 Å². The molecule has 0 spiro atoms. The van der Waals surface area contributed by atoms with E-state index >= 15 is 0 Å². The first-order valence-electron chi connectivity index (χ1n) is 7.32. The molecule has 1 atom stereocenters. The quantitative estimate of drug-likeness (QED) is 0.796. The summed E-state index contributed by atoms with van der Waals surface area (Å²) >= 11 is 0. The van der Waals surface area contributed by atoms with Gasteiger partial charge >= 0.3 is 0 Å².